The molecule has 2 heterocycles. The summed E-state index contributed by atoms with van der Waals surface area (Å²) in [6, 6.07) is -0.799. The van der Waals surface area contributed by atoms with Gasteiger partial charge in [-0.1, -0.05) is 5.21 Å². The average molecular weight is 310 g/mol. The summed E-state index contributed by atoms with van der Waals surface area (Å²) in [7, 11) is 1.31. The van der Waals surface area contributed by atoms with Gasteiger partial charge in [-0.2, -0.15) is 0 Å². The molecule has 1 aromatic heterocycles. The minimum absolute atomic E-state index is 0.126. The van der Waals surface area contributed by atoms with Gasteiger partial charge in [0.2, 0.25) is 0 Å². The zero-order valence-electron chi connectivity index (χ0n) is 13.6. The molecule has 0 radical (unpaired) electrons. The highest BCUT2D eigenvalue weighted by Gasteiger charge is 2.43. The number of carbonyl (C=O) groups is 2. The van der Waals surface area contributed by atoms with Crippen molar-refractivity contribution in [2.24, 2.45) is 0 Å². The summed E-state index contributed by atoms with van der Waals surface area (Å²) in [6.07, 6.45) is 1.54. The molecule has 1 fully saturated rings. The zero-order chi connectivity index (χ0) is 16.5. The van der Waals surface area contributed by atoms with Crippen LogP contribution in [0.5, 0.6) is 0 Å². The molecule has 0 N–H and O–H groups in total. The largest absolute Gasteiger partial charge is 0.467 e. The fourth-order valence-corrected chi connectivity index (χ4v) is 2.53. The molecule has 0 unspecified atom stereocenters. The van der Waals surface area contributed by atoms with Crippen LogP contribution >= 0.6 is 0 Å². The van der Waals surface area contributed by atoms with Crippen molar-refractivity contribution in [3.63, 3.8) is 0 Å². The van der Waals surface area contributed by atoms with E-state index < -0.39 is 23.7 Å². The Hall–Kier alpha value is -2.12. The molecule has 0 aliphatic carbocycles. The smallest absolute Gasteiger partial charge is 0.411 e. The third-order valence-corrected chi connectivity index (χ3v) is 3.48. The third kappa shape index (κ3) is 3.37. The standard InChI is InChI=1S/C14H22N4O4/c1-9-7-15-16-18(9)10-6-11(12(19)21-5)17(8-10)13(20)22-14(2,3)4/h7,10-11H,6,8H2,1-5H3/t10-,11+/m1/s1. The van der Waals surface area contributed by atoms with Crippen LogP contribution in [0.2, 0.25) is 0 Å². The van der Waals surface area contributed by atoms with Gasteiger partial charge in [-0.3, -0.25) is 4.90 Å². The molecule has 0 aromatic carbocycles. The topological polar surface area (TPSA) is 86.6 Å². The van der Waals surface area contributed by atoms with E-state index in [0.29, 0.717) is 13.0 Å². The Morgan fingerprint density at radius 1 is 1.36 bits per heavy atom. The number of ether oxygens (including phenoxy) is 2. The average Bonchev–Trinajstić information content (AvgIpc) is 3.01. The second-order valence-corrected chi connectivity index (χ2v) is 6.38. The first-order chi connectivity index (χ1) is 10.2. The molecule has 22 heavy (non-hydrogen) atoms. The van der Waals surface area contributed by atoms with Crippen LogP contribution in [0.15, 0.2) is 6.20 Å². The SMILES string of the molecule is COC(=O)[C@@H]1C[C@@H](n2nncc2C)CN1C(=O)OC(C)(C)C. The summed E-state index contributed by atoms with van der Waals surface area (Å²) < 4.78 is 11.9. The Balaban J connectivity index is 2.21. The maximum Gasteiger partial charge on any atom is 0.411 e. The third-order valence-electron chi connectivity index (χ3n) is 3.48. The summed E-state index contributed by atoms with van der Waals surface area (Å²) in [5.41, 5.74) is 0.249. The maximum absolute atomic E-state index is 12.3. The first kappa shape index (κ1) is 16.3. The van der Waals surface area contributed by atoms with Crippen molar-refractivity contribution in [2.45, 2.75) is 51.8 Å². The number of nitrogens with zero attached hydrogens (tertiary/aromatic N) is 4. The number of aryl methyl sites for hydroxylation is 1. The van der Waals surface area contributed by atoms with Gasteiger partial charge in [0.15, 0.2) is 0 Å². The Morgan fingerprint density at radius 2 is 2.05 bits per heavy atom. The number of hydrogen-bond acceptors (Lipinski definition) is 6. The van der Waals surface area contributed by atoms with Gasteiger partial charge in [0, 0.05) is 13.0 Å². The first-order valence-electron chi connectivity index (χ1n) is 7.17. The van der Waals surface area contributed by atoms with Crippen LogP contribution < -0.4 is 0 Å². The van der Waals surface area contributed by atoms with Crippen molar-refractivity contribution in [1.29, 1.82) is 0 Å². The summed E-state index contributed by atoms with van der Waals surface area (Å²) in [6.45, 7) is 7.57. The lowest BCUT2D eigenvalue weighted by Crippen LogP contribution is -2.43. The Morgan fingerprint density at radius 3 is 2.55 bits per heavy atom. The molecule has 1 aromatic rings. The van der Waals surface area contributed by atoms with Crippen molar-refractivity contribution < 1.29 is 19.1 Å². The first-order valence-corrected chi connectivity index (χ1v) is 7.17. The van der Waals surface area contributed by atoms with E-state index in [2.05, 4.69) is 10.3 Å². The molecule has 1 aliphatic rings. The second-order valence-electron chi connectivity index (χ2n) is 6.38. The molecular formula is C14H22N4O4. The number of rotatable bonds is 2. The molecule has 1 aliphatic heterocycles. The van der Waals surface area contributed by atoms with Crippen LogP contribution in [0.25, 0.3) is 0 Å². The molecule has 8 nitrogen and oxygen atoms in total. The van der Waals surface area contributed by atoms with E-state index in [9.17, 15) is 9.59 Å². The van der Waals surface area contributed by atoms with E-state index >= 15 is 0 Å². The summed E-state index contributed by atoms with van der Waals surface area (Å²) in [5.74, 6) is -0.453. The predicted molar refractivity (Wildman–Crippen MR) is 77.2 cm³/mol. The highest BCUT2D eigenvalue weighted by molar-refractivity contribution is 5.82. The second kappa shape index (κ2) is 5.94. The van der Waals surface area contributed by atoms with Crippen LogP contribution in [0, 0.1) is 6.92 Å². The van der Waals surface area contributed by atoms with Gasteiger partial charge in [0.25, 0.3) is 0 Å². The van der Waals surface area contributed by atoms with E-state index in [1.54, 1.807) is 31.6 Å². The Labute approximate surface area is 129 Å². The number of methoxy groups -OCH3 is 1. The molecule has 0 bridgehead atoms. The van der Waals surface area contributed by atoms with Crippen molar-refractivity contribution >= 4 is 12.1 Å². The normalized spacial score (nSPS) is 21.8. The number of likely N-dealkylation sites (tertiary alicyclic amines) is 1. The van der Waals surface area contributed by atoms with Gasteiger partial charge in [0.1, 0.15) is 11.6 Å². The monoisotopic (exact) mass is 310 g/mol. The van der Waals surface area contributed by atoms with E-state index in [4.69, 9.17) is 9.47 Å². The number of carbonyl (C=O) groups excluding carboxylic acids is 2. The van der Waals surface area contributed by atoms with Crippen LogP contribution in [0.4, 0.5) is 4.79 Å². The quantitative estimate of drug-likeness (QED) is 0.766. The van der Waals surface area contributed by atoms with Crippen molar-refractivity contribution in [1.82, 2.24) is 19.9 Å². The molecule has 122 valence electrons. The molecule has 8 heteroatoms. The highest BCUT2D eigenvalue weighted by atomic mass is 16.6. The minimum atomic E-state index is -0.673. The van der Waals surface area contributed by atoms with Crippen molar-refractivity contribution in [2.75, 3.05) is 13.7 Å². The van der Waals surface area contributed by atoms with Crippen molar-refractivity contribution in [3.8, 4) is 0 Å². The van der Waals surface area contributed by atoms with Gasteiger partial charge < -0.3 is 9.47 Å². The lowest BCUT2D eigenvalue weighted by Gasteiger charge is -2.27. The number of amides is 1. The molecule has 0 spiro atoms. The van der Waals surface area contributed by atoms with Gasteiger partial charge in [-0.15, -0.1) is 5.10 Å². The molecule has 2 atom stereocenters. The molecule has 1 amide bonds. The summed E-state index contributed by atoms with van der Waals surface area (Å²) in [4.78, 5) is 25.7. The Bertz CT molecular complexity index is 563. The summed E-state index contributed by atoms with van der Waals surface area (Å²) >= 11 is 0. The number of aromatic nitrogens is 3. The van der Waals surface area contributed by atoms with Crippen molar-refractivity contribution in [3.05, 3.63) is 11.9 Å². The van der Waals surface area contributed by atoms with Gasteiger partial charge in [-0.05, 0) is 27.7 Å². The predicted octanol–water partition coefficient (Wildman–Crippen LogP) is 1.31. The summed E-state index contributed by atoms with van der Waals surface area (Å²) in [5, 5.41) is 7.87. The van der Waals surface area contributed by atoms with E-state index in [-0.39, 0.29) is 6.04 Å². The molecule has 1 saturated heterocycles. The van der Waals surface area contributed by atoms with E-state index in [0.717, 1.165) is 5.69 Å². The molecule has 0 saturated carbocycles. The lowest BCUT2D eigenvalue weighted by atomic mass is 10.1. The van der Waals surface area contributed by atoms with E-state index in [1.807, 2.05) is 6.92 Å². The molecular weight excluding hydrogens is 288 g/mol. The molecule has 2 rings (SSSR count). The van der Waals surface area contributed by atoms with Crippen LogP contribution in [0.1, 0.15) is 38.9 Å². The van der Waals surface area contributed by atoms with Gasteiger partial charge in [-0.25, -0.2) is 14.3 Å². The van der Waals surface area contributed by atoms with Crippen LogP contribution in [-0.2, 0) is 14.3 Å². The number of hydrogen-bond donors (Lipinski definition) is 0. The Kier molecular flexibility index (Phi) is 4.39. The minimum Gasteiger partial charge on any atom is -0.467 e. The highest BCUT2D eigenvalue weighted by Crippen LogP contribution is 2.29. The van der Waals surface area contributed by atoms with Crippen LogP contribution in [-0.4, -0.2) is 57.3 Å². The zero-order valence-corrected chi connectivity index (χ0v) is 13.6. The lowest BCUT2D eigenvalue weighted by molar-refractivity contribution is -0.145. The van der Waals surface area contributed by atoms with Crippen LogP contribution in [0.3, 0.4) is 0 Å². The van der Waals surface area contributed by atoms with Gasteiger partial charge in [0.05, 0.1) is 25.0 Å². The van der Waals surface area contributed by atoms with Gasteiger partial charge >= 0.3 is 12.1 Å². The van der Waals surface area contributed by atoms with E-state index in [1.165, 1.54) is 12.0 Å². The fraction of sp³-hybridized carbons (Fsp3) is 0.714. The fourth-order valence-electron chi connectivity index (χ4n) is 2.53. The number of esters is 1. The maximum atomic E-state index is 12.3.